The molecule has 3 rings (SSSR count). The van der Waals surface area contributed by atoms with E-state index in [1.165, 1.54) is 12.8 Å². The second-order valence-electron chi connectivity index (χ2n) is 6.68. The molecule has 1 aromatic heterocycles. The van der Waals surface area contributed by atoms with Gasteiger partial charge in [0.1, 0.15) is 0 Å². The number of nitrogens with one attached hydrogen (secondary N) is 1. The van der Waals surface area contributed by atoms with Gasteiger partial charge in [0.2, 0.25) is 5.91 Å². The van der Waals surface area contributed by atoms with E-state index in [1.54, 1.807) is 0 Å². The Hall–Kier alpha value is -1.36. The SMILES string of the molecule is Cc1cc(C2CCCN(C(=O)CCC3CCCCO3)C2)n[nH]1. The van der Waals surface area contributed by atoms with Crippen molar-refractivity contribution in [3.05, 3.63) is 17.5 Å². The van der Waals surface area contributed by atoms with E-state index in [9.17, 15) is 4.79 Å². The highest BCUT2D eigenvalue weighted by atomic mass is 16.5. The number of nitrogens with zero attached hydrogens (tertiary/aromatic N) is 2. The molecule has 2 aliphatic heterocycles. The normalized spacial score (nSPS) is 26.1. The van der Waals surface area contributed by atoms with E-state index >= 15 is 0 Å². The average molecular weight is 305 g/mol. The molecular formula is C17H27N3O2. The quantitative estimate of drug-likeness (QED) is 0.930. The van der Waals surface area contributed by atoms with Gasteiger partial charge in [-0.15, -0.1) is 0 Å². The van der Waals surface area contributed by atoms with Crippen LogP contribution in [0.15, 0.2) is 6.07 Å². The Morgan fingerprint density at radius 1 is 1.41 bits per heavy atom. The van der Waals surface area contributed by atoms with Crippen LogP contribution in [0.3, 0.4) is 0 Å². The van der Waals surface area contributed by atoms with Gasteiger partial charge < -0.3 is 9.64 Å². The molecule has 0 radical (unpaired) electrons. The van der Waals surface area contributed by atoms with Crippen molar-refractivity contribution in [3.8, 4) is 0 Å². The lowest BCUT2D eigenvalue weighted by molar-refractivity contribution is -0.133. The highest BCUT2D eigenvalue weighted by molar-refractivity contribution is 5.76. The molecule has 122 valence electrons. The van der Waals surface area contributed by atoms with Gasteiger partial charge in [0.05, 0.1) is 11.8 Å². The minimum atomic E-state index is 0.283. The van der Waals surface area contributed by atoms with Gasteiger partial charge in [-0.3, -0.25) is 9.89 Å². The van der Waals surface area contributed by atoms with Crippen molar-refractivity contribution < 1.29 is 9.53 Å². The Bertz CT molecular complexity index is 494. The average Bonchev–Trinajstić information content (AvgIpc) is 3.00. The number of hydrogen-bond acceptors (Lipinski definition) is 3. The molecular weight excluding hydrogens is 278 g/mol. The Balaban J connectivity index is 1.49. The fourth-order valence-corrected chi connectivity index (χ4v) is 3.57. The monoisotopic (exact) mass is 305 g/mol. The second-order valence-corrected chi connectivity index (χ2v) is 6.68. The number of ether oxygens (including phenoxy) is 1. The van der Waals surface area contributed by atoms with Gasteiger partial charge in [-0.05, 0) is 51.5 Å². The minimum absolute atomic E-state index is 0.283. The summed E-state index contributed by atoms with van der Waals surface area (Å²) in [4.78, 5) is 14.5. The number of amides is 1. The number of hydrogen-bond donors (Lipinski definition) is 1. The number of rotatable bonds is 4. The summed E-state index contributed by atoms with van der Waals surface area (Å²) in [5.41, 5.74) is 2.19. The maximum absolute atomic E-state index is 12.5. The number of likely N-dealkylation sites (tertiary alicyclic amines) is 1. The molecule has 1 N–H and O–H groups in total. The first-order chi connectivity index (χ1) is 10.7. The van der Waals surface area contributed by atoms with Gasteiger partial charge in [-0.2, -0.15) is 5.10 Å². The molecule has 0 bridgehead atoms. The lowest BCUT2D eigenvalue weighted by Crippen LogP contribution is -2.39. The van der Waals surface area contributed by atoms with E-state index in [1.807, 2.05) is 11.8 Å². The Labute approximate surface area is 132 Å². The number of aryl methyl sites for hydroxylation is 1. The maximum atomic E-state index is 12.5. The zero-order chi connectivity index (χ0) is 15.4. The fraction of sp³-hybridized carbons (Fsp3) is 0.765. The molecule has 2 fully saturated rings. The first-order valence-electron chi connectivity index (χ1n) is 8.63. The van der Waals surface area contributed by atoms with Crippen molar-refractivity contribution in [1.29, 1.82) is 0 Å². The van der Waals surface area contributed by atoms with Gasteiger partial charge in [0.25, 0.3) is 0 Å². The largest absolute Gasteiger partial charge is 0.378 e. The van der Waals surface area contributed by atoms with Crippen LogP contribution in [0.2, 0.25) is 0 Å². The van der Waals surface area contributed by atoms with Crippen LogP contribution in [-0.4, -0.2) is 46.8 Å². The third-order valence-electron chi connectivity index (χ3n) is 4.87. The summed E-state index contributed by atoms with van der Waals surface area (Å²) in [5, 5.41) is 7.38. The summed E-state index contributed by atoms with van der Waals surface area (Å²) in [6, 6.07) is 2.11. The molecule has 2 saturated heterocycles. The molecule has 2 unspecified atom stereocenters. The van der Waals surface area contributed by atoms with Crippen LogP contribution in [0, 0.1) is 6.92 Å². The molecule has 2 atom stereocenters. The molecule has 5 heteroatoms. The Kier molecular flexibility index (Phi) is 5.13. The predicted octanol–water partition coefficient (Wildman–Crippen LogP) is 2.77. The zero-order valence-corrected chi connectivity index (χ0v) is 13.5. The van der Waals surface area contributed by atoms with Crippen LogP contribution < -0.4 is 0 Å². The van der Waals surface area contributed by atoms with Crippen LogP contribution in [0.4, 0.5) is 0 Å². The number of piperidine rings is 1. The molecule has 22 heavy (non-hydrogen) atoms. The van der Waals surface area contributed by atoms with Crippen molar-refractivity contribution in [3.63, 3.8) is 0 Å². The van der Waals surface area contributed by atoms with E-state index in [2.05, 4.69) is 16.3 Å². The maximum Gasteiger partial charge on any atom is 0.222 e. The van der Waals surface area contributed by atoms with Crippen LogP contribution in [0.5, 0.6) is 0 Å². The number of carbonyl (C=O) groups is 1. The van der Waals surface area contributed by atoms with Gasteiger partial charge in [0.15, 0.2) is 0 Å². The van der Waals surface area contributed by atoms with Gasteiger partial charge in [-0.25, -0.2) is 0 Å². The van der Waals surface area contributed by atoms with E-state index in [0.29, 0.717) is 18.4 Å². The van der Waals surface area contributed by atoms with Crippen LogP contribution in [-0.2, 0) is 9.53 Å². The highest BCUT2D eigenvalue weighted by Gasteiger charge is 2.26. The standard InChI is InChI=1S/C17H27N3O2/c1-13-11-16(19-18-13)14-5-4-9-20(12-14)17(21)8-7-15-6-2-3-10-22-15/h11,14-15H,2-10,12H2,1H3,(H,18,19). The van der Waals surface area contributed by atoms with E-state index < -0.39 is 0 Å². The summed E-state index contributed by atoms with van der Waals surface area (Å²) >= 11 is 0. The summed E-state index contributed by atoms with van der Waals surface area (Å²) in [6.45, 7) is 4.59. The molecule has 0 saturated carbocycles. The first kappa shape index (κ1) is 15.5. The minimum Gasteiger partial charge on any atom is -0.378 e. The van der Waals surface area contributed by atoms with Gasteiger partial charge in [-0.1, -0.05) is 0 Å². The lowest BCUT2D eigenvalue weighted by atomic mass is 9.94. The molecule has 0 aromatic carbocycles. The summed E-state index contributed by atoms with van der Waals surface area (Å²) in [6.07, 6.45) is 7.51. The van der Waals surface area contributed by atoms with Crippen LogP contribution in [0.25, 0.3) is 0 Å². The summed E-state index contributed by atoms with van der Waals surface area (Å²) in [7, 11) is 0. The van der Waals surface area contributed by atoms with Crippen LogP contribution >= 0.6 is 0 Å². The van der Waals surface area contributed by atoms with Gasteiger partial charge in [0, 0.05) is 37.7 Å². The van der Waals surface area contributed by atoms with Gasteiger partial charge >= 0.3 is 0 Å². The van der Waals surface area contributed by atoms with E-state index in [-0.39, 0.29) is 5.91 Å². The molecule has 0 spiro atoms. The molecule has 5 nitrogen and oxygen atoms in total. The van der Waals surface area contributed by atoms with Crippen molar-refractivity contribution >= 4 is 5.91 Å². The third kappa shape index (κ3) is 3.88. The number of H-pyrrole nitrogens is 1. The van der Waals surface area contributed by atoms with Crippen molar-refractivity contribution in [2.45, 2.75) is 63.9 Å². The number of aromatic nitrogens is 2. The molecule has 3 heterocycles. The third-order valence-corrected chi connectivity index (χ3v) is 4.87. The first-order valence-corrected chi connectivity index (χ1v) is 8.63. The summed E-state index contributed by atoms with van der Waals surface area (Å²) in [5.74, 6) is 0.666. The molecule has 2 aliphatic rings. The summed E-state index contributed by atoms with van der Waals surface area (Å²) < 4.78 is 5.72. The van der Waals surface area contributed by atoms with Crippen molar-refractivity contribution in [2.75, 3.05) is 19.7 Å². The lowest BCUT2D eigenvalue weighted by Gasteiger charge is -2.32. The van der Waals surface area contributed by atoms with E-state index in [4.69, 9.17) is 4.74 Å². The van der Waals surface area contributed by atoms with E-state index in [0.717, 1.165) is 56.8 Å². The Morgan fingerprint density at radius 2 is 2.32 bits per heavy atom. The molecule has 0 aliphatic carbocycles. The highest BCUT2D eigenvalue weighted by Crippen LogP contribution is 2.27. The topological polar surface area (TPSA) is 58.2 Å². The van der Waals surface area contributed by atoms with Crippen molar-refractivity contribution in [1.82, 2.24) is 15.1 Å². The fourth-order valence-electron chi connectivity index (χ4n) is 3.57. The molecule has 1 amide bonds. The number of aromatic amines is 1. The Morgan fingerprint density at radius 3 is 3.05 bits per heavy atom. The second kappa shape index (κ2) is 7.27. The van der Waals surface area contributed by atoms with Crippen LogP contribution in [0.1, 0.15) is 62.3 Å². The molecule has 1 aromatic rings. The predicted molar refractivity (Wildman–Crippen MR) is 84.7 cm³/mol. The zero-order valence-electron chi connectivity index (χ0n) is 13.5. The smallest absolute Gasteiger partial charge is 0.222 e. The van der Waals surface area contributed by atoms with Crippen molar-refractivity contribution in [2.24, 2.45) is 0 Å². The number of carbonyl (C=O) groups excluding carboxylic acids is 1.